The maximum atomic E-state index is 5.49. The second kappa shape index (κ2) is 6.25. The molecule has 0 spiro atoms. The minimum Gasteiger partial charge on any atom is -0.491 e. The van der Waals surface area contributed by atoms with Gasteiger partial charge < -0.3 is 9.47 Å². The van der Waals surface area contributed by atoms with Crippen molar-refractivity contribution in [1.29, 1.82) is 0 Å². The van der Waals surface area contributed by atoms with Gasteiger partial charge in [-0.25, -0.2) is 0 Å². The highest BCUT2D eigenvalue weighted by Gasteiger charge is 1.95. The van der Waals surface area contributed by atoms with Gasteiger partial charge in [0.15, 0.2) is 0 Å². The van der Waals surface area contributed by atoms with Crippen LogP contribution in [0.25, 0.3) is 5.57 Å². The monoisotopic (exact) mass is 206 g/mol. The second-order valence-corrected chi connectivity index (χ2v) is 3.35. The molecule has 0 fully saturated rings. The smallest absolute Gasteiger partial charge is 0.119 e. The van der Waals surface area contributed by atoms with Gasteiger partial charge in [0.2, 0.25) is 0 Å². The standard InChI is InChI=1S/C13H18O2/c1-4-14-9-10-15-13-7-5-12(6-8-13)11(2)3/h5-8H,2,4,9-10H2,1,3H3. The Bertz CT molecular complexity index is 301. The fraction of sp³-hybridized carbons (Fsp3) is 0.385. The molecule has 0 saturated carbocycles. The van der Waals surface area contributed by atoms with Crippen LogP contribution in [-0.2, 0) is 4.74 Å². The molecule has 1 rings (SSSR count). The lowest BCUT2D eigenvalue weighted by molar-refractivity contribution is 0.110. The van der Waals surface area contributed by atoms with Gasteiger partial charge in [-0.3, -0.25) is 0 Å². The first-order chi connectivity index (χ1) is 7.24. The Labute approximate surface area is 91.5 Å². The fourth-order valence-electron chi connectivity index (χ4n) is 1.20. The van der Waals surface area contributed by atoms with Gasteiger partial charge in [0.05, 0.1) is 6.61 Å². The van der Waals surface area contributed by atoms with Crippen molar-refractivity contribution in [3.63, 3.8) is 0 Å². The van der Waals surface area contributed by atoms with Crippen LogP contribution in [0.15, 0.2) is 30.8 Å². The highest BCUT2D eigenvalue weighted by atomic mass is 16.5. The van der Waals surface area contributed by atoms with Gasteiger partial charge in [-0.1, -0.05) is 24.3 Å². The number of hydrogen-bond donors (Lipinski definition) is 0. The van der Waals surface area contributed by atoms with Crippen LogP contribution in [-0.4, -0.2) is 19.8 Å². The summed E-state index contributed by atoms with van der Waals surface area (Å²) in [5.41, 5.74) is 2.21. The summed E-state index contributed by atoms with van der Waals surface area (Å²) in [5, 5.41) is 0. The van der Waals surface area contributed by atoms with Crippen molar-refractivity contribution in [2.24, 2.45) is 0 Å². The minimum absolute atomic E-state index is 0.597. The molecule has 2 nitrogen and oxygen atoms in total. The summed E-state index contributed by atoms with van der Waals surface area (Å²) >= 11 is 0. The Kier molecular flexibility index (Phi) is 4.91. The van der Waals surface area contributed by atoms with Gasteiger partial charge in [0.1, 0.15) is 12.4 Å². The highest BCUT2D eigenvalue weighted by Crippen LogP contribution is 2.16. The van der Waals surface area contributed by atoms with E-state index in [4.69, 9.17) is 9.47 Å². The third-order valence-electron chi connectivity index (χ3n) is 2.05. The van der Waals surface area contributed by atoms with Crippen molar-refractivity contribution in [3.05, 3.63) is 36.4 Å². The summed E-state index contributed by atoms with van der Waals surface area (Å²) in [6.45, 7) is 9.81. The first-order valence-corrected chi connectivity index (χ1v) is 5.20. The van der Waals surface area contributed by atoms with Gasteiger partial charge >= 0.3 is 0 Å². The molecule has 15 heavy (non-hydrogen) atoms. The van der Waals surface area contributed by atoms with Crippen molar-refractivity contribution in [3.8, 4) is 5.75 Å². The molecule has 0 aliphatic carbocycles. The largest absolute Gasteiger partial charge is 0.491 e. The van der Waals surface area contributed by atoms with Crippen LogP contribution in [0, 0.1) is 0 Å². The average Bonchev–Trinajstić information content (AvgIpc) is 2.25. The normalized spacial score (nSPS) is 10.0. The molecule has 0 N–H and O–H groups in total. The van der Waals surface area contributed by atoms with E-state index in [-0.39, 0.29) is 0 Å². The molecule has 0 radical (unpaired) electrons. The Morgan fingerprint density at radius 2 is 1.87 bits per heavy atom. The number of benzene rings is 1. The van der Waals surface area contributed by atoms with E-state index >= 15 is 0 Å². The second-order valence-electron chi connectivity index (χ2n) is 3.35. The quantitative estimate of drug-likeness (QED) is 0.666. The molecular formula is C13H18O2. The third kappa shape index (κ3) is 4.17. The summed E-state index contributed by atoms with van der Waals surface area (Å²) in [4.78, 5) is 0. The van der Waals surface area contributed by atoms with E-state index in [2.05, 4.69) is 6.58 Å². The lowest BCUT2D eigenvalue weighted by atomic mass is 10.1. The molecule has 0 bridgehead atoms. The van der Waals surface area contributed by atoms with E-state index in [1.807, 2.05) is 38.1 Å². The van der Waals surface area contributed by atoms with E-state index in [1.54, 1.807) is 0 Å². The molecular weight excluding hydrogens is 188 g/mol. The molecule has 0 atom stereocenters. The van der Waals surface area contributed by atoms with E-state index in [0.717, 1.165) is 23.5 Å². The molecule has 1 aromatic rings. The summed E-state index contributed by atoms with van der Waals surface area (Å²) in [5.74, 6) is 0.875. The van der Waals surface area contributed by atoms with E-state index < -0.39 is 0 Å². The van der Waals surface area contributed by atoms with Crippen LogP contribution in [0.3, 0.4) is 0 Å². The summed E-state index contributed by atoms with van der Waals surface area (Å²) in [6.07, 6.45) is 0. The molecule has 1 aromatic carbocycles. The lowest BCUT2D eigenvalue weighted by Gasteiger charge is -2.07. The molecule has 0 unspecified atom stereocenters. The number of allylic oxidation sites excluding steroid dienone is 1. The predicted octanol–water partition coefficient (Wildman–Crippen LogP) is 3.14. The number of ether oxygens (including phenoxy) is 2. The van der Waals surface area contributed by atoms with Crippen molar-refractivity contribution in [2.45, 2.75) is 13.8 Å². The van der Waals surface area contributed by atoms with E-state index in [1.165, 1.54) is 0 Å². The Morgan fingerprint density at radius 3 is 2.40 bits per heavy atom. The predicted molar refractivity (Wildman–Crippen MR) is 63.1 cm³/mol. The first-order valence-electron chi connectivity index (χ1n) is 5.20. The average molecular weight is 206 g/mol. The van der Waals surface area contributed by atoms with Gasteiger partial charge in [0, 0.05) is 6.61 Å². The molecule has 2 heteroatoms. The van der Waals surface area contributed by atoms with Crippen LogP contribution < -0.4 is 4.74 Å². The maximum Gasteiger partial charge on any atom is 0.119 e. The molecule has 0 aliphatic heterocycles. The summed E-state index contributed by atoms with van der Waals surface area (Å²) < 4.78 is 10.7. The molecule has 0 amide bonds. The zero-order chi connectivity index (χ0) is 11.1. The number of hydrogen-bond acceptors (Lipinski definition) is 2. The summed E-state index contributed by atoms with van der Waals surface area (Å²) in [7, 11) is 0. The molecule has 0 aromatic heterocycles. The van der Waals surface area contributed by atoms with Gasteiger partial charge in [-0.2, -0.15) is 0 Å². The van der Waals surface area contributed by atoms with Gasteiger partial charge in [-0.15, -0.1) is 0 Å². The van der Waals surface area contributed by atoms with Gasteiger partial charge in [-0.05, 0) is 31.5 Å². The van der Waals surface area contributed by atoms with Crippen molar-refractivity contribution in [1.82, 2.24) is 0 Å². The third-order valence-corrected chi connectivity index (χ3v) is 2.05. The SMILES string of the molecule is C=C(C)c1ccc(OCCOCC)cc1. The lowest BCUT2D eigenvalue weighted by Crippen LogP contribution is -2.06. The fourth-order valence-corrected chi connectivity index (χ4v) is 1.20. The van der Waals surface area contributed by atoms with Gasteiger partial charge in [0.25, 0.3) is 0 Å². The Morgan fingerprint density at radius 1 is 1.20 bits per heavy atom. The zero-order valence-electron chi connectivity index (χ0n) is 9.45. The van der Waals surface area contributed by atoms with Crippen LogP contribution >= 0.6 is 0 Å². The summed E-state index contributed by atoms with van der Waals surface area (Å²) in [6, 6.07) is 7.93. The molecule has 0 saturated heterocycles. The molecule has 0 heterocycles. The maximum absolute atomic E-state index is 5.49. The van der Waals surface area contributed by atoms with Crippen molar-refractivity contribution < 1.29 is 9.47 Å². The van der Waals surface area contributed by atoms with Crippen molar-refractivity contribution >= 4 is 5.57 Å². The van der Waals surface area contributed by atoms with E-state index in [0.29, 0.717) is 13.2 Å². The Hall–Kier alpha value is -1.28. The van der Waals surface area contributed by atoms with Crippen LogP contribution in [0.1, 0.15) is 19.4 Å². The zero-order valence-corrected chi connectivity index (χ0v) is 9.45. The van der Waals surface area contributed by atoms with Crippen LogP contribution in [0.5, 0.6) is 5.75 Å². The highest BCUT2D eigenvalue weighted by molar-refractivity contribution is 5.61. The topological polar surface area (TPSA) is 18.5 Å². The first kappa shape index (κ1) is 11.8. The Balaban J connectivity index is 2.39. The van der Waals surface area contributed by atoms with Crippen LogP contribution in [0.2, 0.25) is 0 Å². The van der Waals surface area contributed by atoms with E-state index in [9.17, 15) is 0 Å². The van der Waals surface area contributed by atoms with Crippen LogP contribution in [0.4, 0.5) is 0 Å². The molecule has 82 valence electrons. The number of rotatable bonds is 6. The molecule has 0 aliphatic rings. The minimum atomic E-state index is 0.597. The van der Waals surface area contributed by atoms with Crippen molar-refractivity contribution in [2.75, 3.05) is 19.8 Å².